The third-order valence-corrected chi connectivity index (χ3v) is 6.25. The summed E-state index contributed by atoms with van der Waals surface area (Å²) in [7, 11) is 1.68. The van der Waals surface area contributed by atoms with Crippen molar-refractivity contribution in [3.05, 3.63) is 45.2 Å². The van der Waals surface area contributed by atoms with Gasteiger partial charge in [-0.05, 0) is 38.5 Å². The quantitative estimate of drug-likeness (QED) is 0.750. The molecule has 0 radical (unpaired) electrons. The smallest absolute Gasteiger partial charge is 0.315 e. The van der Waals surface area contributed by atoms with Gasteiger partial charge >= 0.3 is 6.03 Å². The third-order valence-electron chi connectivity index (χ3n) is 5.66. The first-order chi connectivity index (χ1) is 13.3. The number of halogens is 2. The van der Waals surface area contributed by atoms with Gasteiger partial charge in [-0.15, -0.1) is 0 Å². The van der Waals surface area contributed by atoms with Gasteiger partial charge in [0.15, 0.2) is 12.2 Å². The molecule has 1 fully saturated rings. The number of allylic oxidation sites excluding steroid dienone is 2. The second kappa shape index (κ2) is 6.67. The molecule has 0 saturated carbocycles. The average molecular weight is 422 g/mol. The van der Waals surface area contributed by atoms with E-state index in [0.29, 0.717) is 15.6 Å². The summed E-state index contributed by atoms with van der Waals surface area (Å²) in [6.45, 7) is 6.86. The topological polar surface area (TPSA) is 59.5 Å². The van der Waals surface area contributed by atoms with E-state index < -0.39 is 12.2 Å². The standard InChI is InChI=1S/C19H21Cl2N5O2/c1-5-24-10(2)11(3)26-15-16(22-18(24)26)23(4)19(28)25(17(15)27)9-12-6-7-13(20)8-14(12)21/h6-8,15-16H,5,9H2,1-4H3. The monoisotopic (exact) mass is 421 g/mol. The van der Waals surface area contributed by atoms with Crippen molar-refractivity contribution in [2.75, 3.05) is 13.6 Å². The van der Waals surface area contributed by atoms with Crippen LogP contribution in [0.5, 0.6) is 0 Å². The second-order valence-corrected chi connectivity index (χ2v) is 7.97. The number of imide groups is 1. The number of benzene rings is 1. The van der Waals surface area contributed by atoms with Gasteiger partial charge in [0.05, 0.1) is 6.54 Å². The molecule has 0 N–H and O–H groups in total. The Kier molecular flexibility index (Phi) is 4.55. The Labute approximate surface area is 173 Å². The van der Waals surface area contributed by atoms with Gasteiger partial charge in [-0.1, -0.05) is 29.3 Å². The first kappa shape index (κ1) is 19.1. The molecular weight excluding hydrogens is 401 g/mol. The van der Waals surface area contributed by atoms with Crippen LogP contribution in [0.4, 0.5) is 4.79 Å². The third kappa shape index (κ3) is 2.60. The number of guanidine groups is 1. The molecule has 1 aromatic rings. The van der Waals surface area contributed by atoms with Gasteiger partial charge in [-0.25, -0.2) is 9.79 Å². The molecular formula is C19H21Cl2N5O2. The number of carbonyl (C=O) groups is 2. The number of carbonyl (C=O) groups excluding carboxylic acids is 2. The number of hydrogen-bond acceptors (Lipinski definition) is 5. The first-order valence-corrected chi connectivity index (χ1v) is 9.86. The molecule has 2 atom stereocenters. The Hall–Kier alpha value is -2.25. The Balaban J connectivity index is 1.69. The van der Waals surface area contributed by atoms with E-state index >= 15 is 0 Å². The van der Waals surface area contributed by atoms with Crippen molar-refractivity contribution in [2.24, 2.45) is 4.99 Å². The fraction of sp³-hybridized carbons (Fsp3) is 0.421. The summed E-state index contributed by atoms with van der Waals surface area (Å²) >= 11 is 12.2. The van der Waals surface area contributed by atoms with E-state index in [1.54, 1.807) is 25.2 Å². The van der Waals surface area contributed by atoms with Crippen molar-refractivity contribution >= 4 is 41.1 Å². The Bertz CT molecular complexity index is 944. The zero-order valence-corrected chi connectivity index (χ0v) is 17.6. The maximum absolute atomic E-state index is 13.4. The summed E-state index contributed by atoms with van der Waals surface area (Å²) in [5.74, 6) is 0.454. The minimum atomic E-state index is -0.574. The molecule has 4 rings (SSSR count). The molecule has 148 valence electrons. The fourth-order valence-corrected chi connectivity index (χ4v) is 4.49. The van der Waals surface area contributed by atoms with E-state index in [1.807, 2.05) is 25.7 Å². The van der Waals surface area contributed by atoms with E-state index in [4.69, 9.17) is 28.2 Å². The van der Waals surface area contributed by atoms with E-state index in [-0.39, 0.29) is 18.5 Å². The number of amides is 3. The van der Waals surface area contributed by atoms with Crippen LogP contribution in [0.1, 0.15) is 26.3 Å². The van der Waals surface area contributed by atoms with Gasteiger partial charge in [0, 0.05) is 35.0 Å². The summed E-state index contributed by atoms with van der Waals surface area (Å²) < 4.78 is 0. The average Bonchev–Trinajstić information content (AvgIpc) is 3.14. The number of rotatable bonds is 3. The molecule has 7 nitrogen and oxygen atoms in total. The lowest BCUT2D eigenvalue weighted by atomic mass is 10.1. The lowest BCUT2D eigenvalue weighted by molar-refractivity contribution is -0.137. The van der Waals surface area contributed by atoms with Crippen LogP contribution in [0, 0.1) is 0 Å². The fourth-order valence-electron chi connectivity index (χ4n) is 4.03. The lowest BCUT2D eigenvalue weighted by Crippen LogP contribution is -2.64. The Morgan fingerprint density at radius 2 is 1.82 bits per heavy atom. The van der Waals surface area contributed by atoms with Crippen LogP contribution in [-0.4, -0.2) is 63.3 Å². The molecule has 0 aliphatic carbocycles. The molecule has 3 aliphatic heterocycles. The van der Waals surface area contributed by atoms with Crippen molar-refractivity contribution in [1.29, 1.82) is 0 Å². The molecule has 3 aliphatic rings. The van der Waals surface area contributed by atoms with Gasteiger partial charge in [-0.2, -0.15) is 0 Å². The minimum Gasteiger partial charge on any atom is -0.315 e. The maximum Gasteiger partial charge on any atom is 0.328 e. The van der Waals surface area contributed by atoms with Gasteiger partial charge < -0.3 is 9.80 Å². The molecule has 2 unspecified atom stereocenters. The van der Waals surface area contributed by atoms with Crippen molar-refractivity contribution < 1.29 is 9.59 Å². The van der Waals surface area contributed by atoms with E-state index in [2.05, 4.69) is 4.90 Å². The van der Waals surface area contributed by atoms with Gasteiger partial charge in [0.2, 0.25) is 5.96 Å². The van der Waals surface area contributed by atoms with Crippen LogP contribution in [0.3, 0.4) is 0 Å². The van der Waals surface area contributed by atoms with Crippen LogP contribution in [0.25, 0.3) is 0 Å². The van der Waals surface area contributed by atoms with Crippen molar-refractivity contribution in [1.82, 2.24) is 19.6 Å². The van der Waals surface area contributed by atoms with Crippen LogP contribution in [0.2, 0.25) is 10.0 Å². The van der Waals surface area contributed by atoms with E-state index in [1.165, 1.54) is 9.80 Å². The van der Waals surface area contributed by atoms with E-state index in [9.17, 15) is 9.59 Å². The predicted octanol–water partition coefficient (Wildman–Crippen LogP) is 3.34. The first-order valence-electron chi connectivity index (χ1n) is 9.10. The highest BCUT2D eigenvalue weighted by molar-refractivity contribution is 6.35. The molecule has 1 saturated heterocycles. The highest BCUT2D eigenvalue weighted by Crippen LogP contribution is 2.38. The zero-order chi connectivity index (χ0) is 20.3. The van der Waals surface area contributed by atoms with E-state index in [0.717, 1.165) is 23.9 Å². The number of aliphatic imine (C=N–C) groups is 1. The second-order valence-electron chi connectivity index (χ2n) is 7.13. The van der Waals surface area contributed by atoms with Crippen LogP contribution in [0.15, 0.2) is 34.6 Å². The summed E-state index contributed by atoms with van der Waals surface area (Å²) in [4.78, 5) is 37.8. The van der Waals surface area contributed by atoms with Gasteiger partial charge in [0.25, 0.3) is 5.91 Å². The number of hydrogen-bond donors (Lipinski definition) is 0. The Morgan fingerprint density at radius 1 is 1.11 bits per heavy atom. The molecule has 0 spiro atoms. The highest BCUT2D eigenvalue weighted by atomic mass is 35.5. The number of likely N-dealkylation sites (N-methyl/N-ethyl adjacent to an activating group) is 1. The molecule has 1 aromatic carbocycles. The lowest BCUT2D eigenvalue weighted by Gasteiger charge is -2.40. The summed E-state index contributed by atoms with van der Waals surface area (Å²) in [6.07, 6.45) is -0.538. The SMILES string of the molecule is CCN1C2=NC3C(C(=O)N(Cc4ccc(Cl)cc4Cl)C(=O)N3C)N2C(C)=C1C. The van der Waals surface area contributed by atoms with Crippen molar-refractivity contribution in [3.8, 4) is 0 Å². The summed E-state index contributed by atoms with van der Waals surface area (Å²) in [5, 5.41) is 0.926. The van der Waals surface area contributed by atoms with Gasteiger partial charge in [0.1, 0.15) is 0 Å². The molecule has 3 amide bonds. The predicted molar refractivity (Wildman–Crippen MR) is 108 cm³/mol. The minimum absolute atomic E-state index is 0.0869. The highest BCUT2D eigenvalue weighted by Gasteiger charge is 2.55. The van der Waals surface area contributed by atoms with Crippen molar-refractivity contribution in [2.45, 2.75) is 39.5 Å². The molecule has 0 bridgehead atoms. The molecule has 28 heavy (non-hydrogen) atoms. The number of urea groups is 1. The van der Waals surface area contributed by atoms with Gasteiger partial charge in [-0.3, -0.25) is 14.6 Å². The zero-order valence-electron chi connectivity index (χ0n) is 16.1. The normalized spacial score (nSPS) is 24.3. The molecule has 9 heteroatoms. The van der Waals surface area contributed by atoms with Crippen LogP contribution < -0.4 is 0 Å². The Morgan fingerprint density at radius 3 is 2.46 bits per heavy atom. The molecule has 0 aromatic heterocycles. The number of nitrogens with zero attached hydrogens (tertiary/aromatic N) is 5. The summed E-state index contributed by atoms with van der Waals surface area (Å²) in [5.41, 5.74) is 2.71. The summed E-state index contributed by atoms with van der Waals surface area (Å²) in [6, 6.07) is 4.08. The molecule has 3 heterocycles. The van der Waals surface area contributed by atoms with Crippen LogP contribution in [-0.2, 0) is 11.3 Å². The largest absolute Gasteiger partial charge is 0.328 e. The van der Waals surface area contributed by atoms with Crippen LogP contribution >= 0.6 is 23.2 Å². The van der Waals surface area contributed by atoms with Crippen molar-refractivity contribution in [3.63, 3.8) is 0 Å². The maximum atomic E-state index is 13.4. The number of fused-ring (bicyclic) bond motifs is 3.